The first-order valence-electron chi connectivity index (χ1n) is 6.12. The van der Waals surface area contributed by atoms with Gasteiger partial charge in [-0.25, -0.2) is 13.1 Å². The molecule has 1 aliphatic carbocycles. The van der Waals surface area contributed by atoms with E-state index in [1.165, 1.54) is 4.68 Å². The highest BCUT2D eigenvalue weighted by Crippen LogP contribution is 2.47. The second-order valence-corrected chi connectivity index (χ2v) is 7.61. The molecule has 104 valence electrons. The van der Waals surface area contributed by atoms with E-state index in [1.807, 2.05) is 0 Å². The maximum atomic E-state index is 11.5. The number of carbonyl (C=O) groups is 1. The van der Waals surface area contributed by atoms with Crippen molar-refractivity contribution in [3.63, 3.8) is 0 Å². The molecule has 1 atom stereocenters. The molecule has 1 aromatic heterocycles. The largest absolute Gasteiger partial charge is 0.481 e. The van der Waals surface area contributed by atoms with Crippen LogP contribution in [0.3, 0.4) is 0 Å². The number of hydrogen-bond acceptors (Lipinski definition) is 6. The van der Waals surface area contributed by atoms with Crippen LogP contribution in [0.1, 0.15) is 31.0 Å². The number of hydrogen-bond donors (Lipinski definition) is 1. The van der Waals surface area contributed by atoms with Gasteiger partial charge in [0, 0.05) is 5.92 Å². The van der Waals surface area contributed by atoms with Crippen molar-refractivity contribution in [2.24, 2.45) is 5.41 Å². The first-order chi connectivity index (χ1) is 8.92. The predicted octanol–water partition coefficient (Wildman–Crippen LogP) is -0.560. The average Bonchev–Trinajstić information content (AvgIpc) is 2.81. The molecule has 0 spiro atoms. The maximum Gasteiger partial charge on any atom is 0.311 e. The van der Waals surface area contributed by atoms with Gasteiger partial charge in [0.05, 0.1) is 23.5 Å². The third-order valence-corrected chi connectivity index (χ3v) is 5.68. The minimum atomic E-state index is -3.01. The smallest absolute Gasteiger partial charge is 0.311 e. The molecule has 0 bridgehead atoms. The molecule has 8 nitrogen and oxygen atoms in total. The van der Waals surface area contributed by atoms with Crippen molar-refractivity contribution in [3.05, 3.63) is 5.82 Å². The van der Waals surface area contributed by atoms with Crippen LogP contribution in [-0.4, -0.2) is 51.2 Å². The Morgan fingerprint density at radius 3 is 2.74 bits per heavy atom. The zero-order valence-electron chi connectivity index (χ0n) is 10.2. The Hall–Kier alpha value is -1.51. The van der Waals surface area contributed by atoms with E-state index >= 15 is 0 Å². The summed E-state index contributed by atoms with van der Waals surface area (Å²) in [4.78, 5) is 11.2. The molecule has 1 aromatic rings. The standard InChI is InChI=1S/C10H14N4O4S/c15-9(16)10(2-3-10)6-14-8(11-12-13-14)7-1-4-19(17,18)5-7/h7H,1-6H2,(H,15,16). The Bertz CT molecular complexity index is 619. The van der Waals surface area contributed by atoms with Crippen LogP contribution in [0.2, 0.25) is 0 Å². The molecule has 2 fully saturated rings. The number of rotatable bonds is 4. The quantitative estimate of drug-likeness (QED) is 0.788. The molecule has 1 unspecified atom stereocenters. The zero-order valence-corrected chi connectivity index (χ0v) is 11.0. The molecule has 2 aliphatic rings. The molecule has 0 amide bonds. The fourth-order valence-corrected chi connectivity index (χ4v) is 4.23. The Balaban J connectivity index is 1.82. The fourth-order valence-electron chi connectivity index (χ4n) is 2.49. The molecule has 2 heterocycles. The number of carboxylic acids is 1. The molecule has 9 heteroatoms. The Labute approximate surface area is 109 Å². The normalized spacial score (nSPS) is 27.3. The summed E-state index contributed by atoms with van der Waals surface area (Å²) in [7, 11) is -3.01. The van der Waals surface area contributed by atoms with Gasteiger partial charge in [0.2, 0.25) is 0 Å². The lowest BCUT2D eigenvalue weighted by atomic mass is 10.1. The van der Waals surface area contributed by atoms with Crippen LogP contribution < -0.4 is 0 Å². The van der Waals surface area contributed by atoms with E-state index in [9.17, 15) is 13.2 Å². The van der Waals surface area contributed by atoms with Crippen LogP contribution >= 0.6 is 0 Å². The maximum absolute atomic E-state index is 11.5. The number of aliphatic carboxylic acids is 1. The number of sulfone groups is 1. The van der Waals surface area contributed by atoms with Crippen molar-refractivity contribution < 1.29 is 18.3 Å². The van der Waals surface area contributed by atoms with Gasteiger partial charge in [0.15, 0.2) is 15.7 Å². The van der Waals surface area contributed by atoms with Gasteiger partial charge in [-0.15, -0.1) is 5.10 Å². The van der Waals surface area contributed by atoms with E-state index in [-0.39, 0.29) is 24.0 Å². The summed E-state index contributed by atoms with van der Waals surface area (Å²) in [6, 6.07) is 0. The lowest BCUT2D eigenvalue weighted by molar-refractivity contribution is -0.144. The van der Waals surface area contributed by atoms with Crippen molar-refractivity contribution in [1.29, 1.82) is 0 Å². The van der Waals surface area contributed by atoms with Gasteiger partial charge < -0.3 is 5.11 Å². The van der Waals surface area contributed by atoms with Gasteiger partial charge in [-0.1, -0.05) is 0 Å². The van der Waals surface area contributed by atoms with Crippen LogP contribution in [0.4, 0.5) is 0 Å². The minimum Gasteiger partial charge on any atom is -0.481 e. The average molecular weight is 286 g/mol. The first kappa shape index (κ1) is 12.5. The first-order valence-corrected chi connectivity index (χ1v) is 7.94. The van der Waals surface area contributed by atoms with Crippen molar-refractivity contribution >= 4 is 15.8 Å². The van der Waals surface area contributed by atoms with Gasteiger partial charge >= 0.3 is 5.97 Å². The molecule has 1 saturated heterocycles. The van der Waals surface area contributed by atoms with Crippen LogP contribution in [0.15, 0.2) is 0 Å². The van der Waals surface area contributed by atoms with Crippen molar-refractivity contribution in [1.82, 2.24) is 20.2 Å². The van der Waals surface area contributed by atoms with E-state index < -0.39 is 21.2 Å². The van der Waals surface area contributed by atoms with Gasteiger partial charge in [-0.2, -0.15) is 0 Å². The van der Waals surface area contributed by atoms with E-state index in [2.05, 4.69) is 15.5 Å². The molecule has 0 radical (unpaired) electrons. The van der Waals surface area contributed by atoms with Gasteiger partial charge in [0.1, 0.15) is 0 Å². The molecule has 19 heavy (non-hydrogen) atoms. The lowest BCUT2D eigenvalue weighted by Crippen LogP contribution is -2.24. The summed E-state index contributed by atoms with van der Waals surface area (Å²) in [5.41, 5.74) is -0.762. The number of carboxylic acid groups (broad SMARTS) is 1. The van der Waals surface area contributed by atoms with Gasteiger partial charge in [0.25, 0.3) is 0 Å². The molecule has 1 saturated carbocycles. The van der Waals surface area contributed by atoms with Crippen LogP contribution in [-0.2, 0) is 21.2 Å². The molecule has 1 N–H and O–H groups in total. The summed E-state index contributed by atoms with van der Waals surface area (Å²) >= 11 is 0. The van der Waals surface area contributed by atoms with E-state index in [0.29, 0.717) is 25.1 Å². The molecular formula is C10H14N4O4S. The van der Waals surface area contributed by atoms with Crippen LogP contribution in [0.25, 0.3) is 0 Å². The van der Waals surface area contributed by atoms with Gasteiger partial charge in [-0.05, 0) is 29.7 Å². The summed E-state index contributed by atoms with van der Waals surface area (Å²) in [6.45, 7) is 0.223. The van der Waals surface area contributed by atoms with Crippen LogP contribution in [0.5, 0.6) is 0 Å². The Morgan fingerprint density at radius 1 is 1.47 bits per heavy atom. The third-order valence-electron chi connectivity index (χ3n) is 3.92. The van der Waals surface area contributed by atoms with Crippen molar-refractivity contribution in [3.8, 4) is 0 Å². The highest BCUT2D eigenvalue weighted by atomic mass is 32.2. The fraction of sp³-hybridized carbons (Fsp3) is 0.800. The Morgan fingerprint density at radius 2 is 2.21 bits per heavy atom. The topological polar surface area (TPSA) is 115 Å². The molecule has 0 aromatic carbocycles. The number of tetrazole rings is 1. The summed E-state index contributed by atoms with van der Waals surface area (Å²) in [5.74, 6) is -0.367. The molecular weight excluding hydrogens is 272 g/mol. The number of nitrogens with zero attached hydrogens (tertiary/aromatic N) is 4. The summed E-state index contributed by atoms with van der Waals surface area (Å²) in [5, 5.41) is 20.4. The second kappa shape index (κ2) is 3.99. The molecule has 1 aliphatic heterocycles. The Kier molecular flexibility index (Phi) is 2.63. The van der Waals surface area contributed by atoms with Crippen molar-refractivity contribution in [2.75, 3.05) is 11.5 Å². The lowest BCUT2D eigenvalue weighted by Gasteiger charge is -2.12. The SMILES string of the molecule is O=C(O)C1(Cn2nnnc2C2CCS(=O)(=O)C2)CC1. The van der Waals surface area contributed by atoms with E-state index in [0.717, 1.165) is 0 Å². The van der Waals surface area contributed by atoms with Gasteiger partial charge in [-0.3, -0.25) is 4.79 Å². The predicted molar refractivity (Wildman–Crippen MR) is 63.1 cm³/mol. The third kappa shape index (κ3) is 2.22. The highest BCUT2D eigenvalue weighted by Gasteiger charge is 2.51. The zero-order chi connectivity index (χ0) is 13.7. The van der Waals surface area contributed by atoms with E-state index in [4.69, 9.17) is 5.11 Å². The number of aromatic nitrogens is 4. The second-order valence-electron chi connectivity index (χ2n) is 5.38. The monoisotopic (exact) mass is 286 g/mol. The van der Waals surface area contributed by atoms with E-state index in [1.54, 1.807) is 0 Å². The molecule has 3 rings (SSSR count). The summed E-state index contributed by atoms with van der Waals surface area (Å²) in [6.07, 6.45) is 1.73. The van der Waals surface area contributed by atoms with Crippen molar-refractivity contribution in [2.45, 2.75) is 31.7 Å². The summed E-state index contributed by atoms with van der Waals surface area (Å²) < 4.78 is 24.4. The minimum absolute atomic E-state index is 0.0491. The van der Waals surface area contributed by atoms with Crippen LogP contribution in [0, 0.1) is 5.41 Å². The highest BCUT2D eigenvalue weighted by molar-refractivity contribution is 7.91.